The molecule has 0 aromatic carbocycles. The van der Waals surface area contributed by atoms with Gasteiger partial charge in [0.15, 0.2) is 16.5 Å². The van der Waals surface area contributed by atoms with Crippen LogP contribution in [0.3, 0.4) is 0 Å². The summed E-state index contributed by atoms with van der Waals surface area (Å²) < 4.78 is 1.87. The SMILES string of the molecule is N#Cc1c(N2CCN(c3ccnc(N4CCCC4)n3)CC2)nc2sccn12. The van der Waals surface area contributed by atoms with E-state index in [0.29, 0.717) is 5.69 Å². The van der Waals surface area contributed by atoms with E-state index >= 15 is 0 Å². The number of nitriles is 1. The molecule has 0 atom stereocenters. The minimum absolute atomic E-state index is 0.623. The third-order valence-electron chi connectivity index (χ3n) is 5.27. The van der Waals surface area contributed by atoms with Crippen molar-refractivity contribution in [1.29, 1.82) is 5.26 Å². The van der Waals surface area contributed by atoms with E-state index in [-0.39, 0.29) is 0 Å². The molecule has 9 heteroatoms. The van der Waals surface area contributed by atoms with E-state index in [2.05, 4.69) is 30.7 Å². The van der Waals surface area contributed by atoms with Crippen molar-refractivity contribution < 1.29 is 0 Å². The average molecular weight is 380 g/mol. The van der Waals surface area contributed by atoms with Gasteiger partial charge in [-0.25, -0.2) is 4.98 Å². The van der Waals surface area contributed by atoms with Crippen LogP contribution < -0.4 is 14.7 Å². The van der Waals surface area contributed by atoms with E-state index in [1.54, 1.807) is 11.3 Å². The van der Waals surface area contributed by atoms with Gasteiger partial charge >= 0.3 is 0 Å². The van der Waals surface area contributed by atoms with Crippen molar-refractivity contribution in [2.24, 2.45) is 0 Å². The van der Waals surface area contributed by atoms with Crippen molar-refractivity contribution in [3.63, 3.8) is 0 Å². The molecule has 0 spiro atoms. The number of hydrogen-bond acceptors (Lipinski definition) is 8. The van der Waals surface area contributed by atoms with Crippen LogP contribution in [0.5, 0.6) is 0 Å². The lowest BCUT2D eigenvalue weighted by Gasteiger charge is -2.35. The van der Waals surface area contributed by atoms with Gasteiger partial charge in [-0.15, -0.1) is 11.3 Å². The third kappa shape index (κ3) is 2.86. The van der Waals surface area contributed by atoms with Gasteiger partial charge < -0.3 is 14.7 Å². The van der Waals surface area contributed by atoms with Crippen molar-refractivity contribution in [1.82, 2.24) is 19.4 Å². The van der Waals surface area contributed by atoms with Crippen molar-refractivity contribution >= 4 is 33.9 Å². The summed E-state index contributed by atoms with van der Waals surface area (Å²) >= 11 is 1.55. The Balaban J connectivity index is 1.32. The Labute approximate surface area is 161 Å². The number of aromatic nitrogens is 4. The number of anilines is 3. The van der Waals surface area contributed by atoms with E-state index < -0.39 is 0 Å². The maximum Gasteiger partial charge on any atom is 0.227 e. The molecule has 3 aromatic rings. The van der Waals surface area contributed by atoms with Crippen molar-refractivity contribution in [2.45, 2.75) is 12.8 Å². The molecule has 0 N–H and O–H groups in total. The molecule has 8 nitrogen and oxygen atoms in total. The second kappa shape index (κ2) is 6.70. The van der Waals surface area contributed by atoms with Gasteiger partial charge in [0, 0.05) is 57.0 Å². The summed E-state index contributed by atoms with van der Waals surface area (Å²) in [4.78, 5) is 21.5. The monoisotopic (exact) mass is 380 g/mol. The lowest BCUT2D eigenvalue weighted by atomic mass is 10.3. The molecule has 0 amide bonds. The highest BCUT2D eigenvalue weighted by Crippen LogP contribution is 2.26. The number of hydrogen-bond donors (Lipinski definition) is 0. The van der Waals surface area contributed by atoms with Gasteiger partial charge in [-0.2, -0.15) is 15.2 Å². The quantitative estimate of drug-likeness (QED) is 0.688. The summed E-state index contributed by atoms with van der Waals surface area (Å²) in [5.41, 5.74) is 0.623. The van der Waals surface area contributed by atoms with Crippen molar-refractivity contribution in [3.05, 3.63) is 29.5 Å². The lowest BCUT2D eigenvalue weighted by Crippen LogP contribution is -2.47. The minimum Gasteiger partial charge on any atom is -0.353 e. The van der Waals surface area contributed by atoms with Crippen molar-refractivity contribution in [3.8, 4) is 6.07 Å². The second-order valence-electron chi connectivity index (χ2n) is 6.83. The molecule has 0 saturated carbocycles. The van der Waals surface area contributed by atoms with Crippen molar-refractivity contribution in [2.75, 3.05) is 54.0 Å². The molecule has 2 aliphatic heterocycles. The summed E-state index contributed by atoms with van der Waals surface area (Å²) in [6.45, 7) is 5.45. The molecule has 0 radical (unpaired) electrons. The van der Waals surface area contributed by atoms with E-state index in [1.165, 1.54) is 12.8 Å². The number of rotatable bonds is 3. The number of imidazole rings is 1. The van der Waals surface area contributed by atoms with E-state index in [0.717, 1.165) is 61.8 Å². The first-order chi connectivity index (χ1) is 13.3. The van der Waals surface area contributed by atoms with Gasteiger partial charge in [-0.3, -0.25) is 4.40 Å². The van der Waals surface area contributed by atoms with E-state index in [4.69, 9.17) is 4.98 Å². The zero-order valence-corrected chi connectivity index (χ0v) is 15.8. The fourth-order valence-electron chi connectivity index (χ4n) is 3.83. The summed E-state index contributed by atoms with van der Waals surface area (Å²) in [6, 6.07) is 4.30. The Morgan fingerprint density at radius 1 is 0.963 bits per heavy atom. The van der Waals surface area contributed by atoms with Crippen LogP contribution >= 0.6 is 11.3 Å². The first kappa shape index (κ1) is 16.3. The van der Waals surface area contributed by atoms with Crippen LogP contribution in [0, 0.1) is 11.3 Å². The standard InChI is InChI=1S/C18H20N8S/c19-13-14-16(22-18-26(14)11-12-27-18)24-9-7-23(8-10-24)15-3-4-20-17(21-15)25-5-1-2-6-25/h3-4,11-12H,1-2,5-10H2. The average Bonchev–Trinajstić information content (AvgIpc) is 3.45. The molecule has 27 heavy (non-hydrogen) atoms. The zero-order chi connectivity index (χ0) is 18.2. The number of fused-ring (bicyclic) bond motifs is 1. The van der Waals surface area contributed by atoms with Crippen LogP contribution in [-0.4, -0.2) is 58.6 Å². The topological polar surface area (TPSA) is 76.6 Å². The Bertz CT molecular complexity index is 988. The first-order valence-corrected chi connectivity index (χ1v) is 10.1. The van der Waals surface area contributed by atoms with Crippen LogP contribution in [0.15, 0.2) is 23.8 Å². The summed E-state index contributed by atoms with van der Waals surface area (Å²) in [5.74, 6) is 2.62. The Morgan fingerprint density at radius 3 is 2.52 bits per heavy atom. The van der Waals surface area contributed by atoms with E-state index in [1.807, 2.05) is 28.2 Å². The van der Waals surface area contributed by atoms with Crippen LogP contribution in [-0.2, 0) is 0 Å². The number of nitrogens with zero attached hydrogens (tertiary/aromatic N) is 8. The van der Waals surface area contributed by atoms with Crippen LogP contribution in [0.25, 0.3) is 4.96 Å². The van der Waals surface area contributed by atoms with Crippen LogP contribution in [0.1, 0.15) is 18.5 Å². The molecule has 2 fully saturated rings. The number of thiazole rings is 1. The molecule has 2 aliphatic rings. The highest BCUT2D eigenvalue weighted by molar-refractivity contribution is 7.15. The van der Waals surface area contributed by atoms with Crippen LogP contribution in [0.4, 0.5) is 17.6 Å². The molecule has 0 aliphatic carbocycles. The zero-order valence-electron chi connectivity index (χ0n) is 15.0. The molecule has 5 heterocycles. The first-order valence-electron chi connectivity index (χ1n) is 9.27. The second-order valence-corrected chi connectivity index (χ2v) is 7.71. The fraction of sp³-hybridized carbons (Fsp3) is 0.444. The maximum absolute atomic E-state index is 9.55. The van der Waals surface area contributed by atoms with Gasteiger partial charge in [-0.05, 0) is 18.9 Å². The van der Waals surface area contributed by atoms with Gasteiger partial charge in [0.05, 0.1) is 0 Å². The van der Waals surface area contributed by atoms with Gasteiger partial charge in [0.1, 0.15) is 11.9 Å². The lowest BCUT2D eigenvalue weighted by molar-refractivity contribution is 0.641. The largest absolute Gasteiger partial charge is 0.353 e. The molecule has 2 saturated heterocycles. The highest BCUT2D eigenvalue weighted by Gasteiger charge is 2.25. The molecular formula is C18H20N8S. The highest BCUT2D eigenvalue weighted by atomic mass is 32.1. The Morgan fingerprint density at radius 2 is 1.74 bits per heavy atom. The molecule has 138 valence electrons. The third-order valence-corrected chi connectivity index (χ3v) is 6.03. The van der Waals surface area contributed by atoms with Gasteiger partial charge in [0.25, 0.3) is 0 Å². The van der Waals surface area contributed by atoms with E-state index in [9.17, 15) is 5.26 Å². The molecule has 5 rings (SSSR count). The van der Waals surface area contributed by atoms with Crippen LogP contribution in [0.2, 0.25) is 0 Å². The summed E-state index contributed by atoms with van der Waals surface area (Å²) in [5, 5.41) is 11.5. The summed E-state index contributed by atoms with van der Waals surface area (Å²) in [6.07, 6.45) is 6.21. The minimum atomic E-state index is 0.623. The molecule has 3 aromatic heterocycles. The number of piperazine rings is 1. The van der Waals surface area contributed by atoms with Gasteiger partial charge in [-0.1, -0.05) is 0 Å². The molecular weight excluding hydrogens is 360 g/mol. The smallest absolute Gasteiger partial charge is 0.227 e. The normalized spacial score (nSPS) is 17.7. The Kier molecular flexibility index (Phi) is 4.05. The van der Waals surface area contributed by atoms with Gasteiger partial charge in [0.2, 0.25) is 5.95 Å². The fourth-order valence-corrected chi connectivity index (χ4v) is 4.54. The maximum atomic E-state index is 9.55. The predicted octanol–water partition coefficient (Wildman–Crippen LogP) is 1.98. The predicted molar refractivity (Wildman–Crippen MR) is 106 cm³/mol. The molecule has 0 unspecified atom stereocenters. The molecule has 0 bridgehead atoms. The summed E-state index contributed by atoms with van der Waals surface area (Å²) in [7, 11) is 0. The Hall–Kier alpha value is -2.86.